The van der Waals surface area contributed by atoms with E-state index in [-0.39, 0.29) is 24.3 Å². The summed E-state index contributed by atoms with van der Waals surface area (Å²) in [7, 11) is 0. The van der Waals surface area contributed by atoms with Gasteiger partial charge in [-0.15, -0.1) is 10.2 Å². The van der Waals surface area contributed by atoms with Crippen molar-refractivity contribution in [3.8, 4) is 5.75 Å². The first kappa shape index (κ1) is 21.2. The second-order valence-electron chi connectivity index (χ2n) is 6.35. The van der Waals surface area contributed by atoms with Crippen LogP contribution in [0.4, 0.5) is 0 Å². The van der Waals surface area contributed by atoms with E-state index in [4.69, 9.17) is 16.3 Å². The first-order valence-electron chi connectivity index (χ1n) is 9.35. The number of aromatic nitrogens is 3. The fourth-order valence-corrected chi connectivity index (χ4v) is 3.82. The smallest absolute Gasteiger partial charge is 0.230 e. The average molecular weight is 431 g/mol. The van der Waals surface area contributed by atoms with Crippen LogP contribution in [0.25, 0.3) is 0 Å². The number of ether oxygens (including phenoxy) is 1. The molecule has 0 aliphatic heterocycles. The Morgan fingerprint density at radius 2 is 1.90 bits per heavy atom. The van der Waals surface area contributed by atoms with E-state index in [2.05, 4.69) is 15.5 Å². The zero-order valence-electron chi connectivity index (χ0n) is 16.3. The summed E-state index contributed by atoms with van der Waals surface area (Å²) in [6.07, 6.45) is 0. The van der Waals surface area contributed by atoms with Crippen molar-refractivity contribution in [2.24, 2.45) is 0 Å². The number of carbonyl (C=O) groups is 1. The highest BCUT2D eigenvalue weighted by Gasteiger charge is 2.15. The van der Waals surface area contributed by atoms with E-state index < -0.39 is 0 Å². The number of hydrogen-bond donors (Lipinski definition) is 1. The van der Waals surface area contributed by atoms with Gasteiger partial charge in [0.1, 0.15) is 12.4 Å². The first-order chi connectivity index (χ1) is 14.1. The minimum atomic E-state index is -0.0501. The molecule has 0 aliphatic rings. The van der Waals surface area contributed by atoms with Gasteiger partial charge in [-0.25, -0.2) is 0 Å². The molecule has 1 amide bonds. The number of hydrogen-bond acceptors (Lipinski definition) is 5. The van der Waals surface area contributed by atoms with Crippen molar-refractivity contribution in [2.45, 2.75) is 38.2 Å². The molecule has 8 heteroatoms. The van der Waals surface area contributed by atoms with E-state index in [1.807, 2.05) is 66.9 Å². The lowest BCUT2D eigenvalue weighted by Crippen LogP contribution is -2.28. The van der Waals surface area contributed by atoms with Gasteiger partial charge in [0.05, 0.1) is 16.8 Å². The highest BCUT2D eigenvalue weighted by molar-refractivity contribution is 7.99. The van der Waals surface area contributed by atoms with Crippen LogP contribution in [0.2, 0.25) is 5.02 Å². The molecule has 1 atom stereocenters. The summed E-state index contributed by atoms with van der Waals surface area (Å²) < 4.78 is 7.70. The summed E-state index contributed by atoms with van der Waals surface area (Å²) in [6, 6.07) is 17.1. The van der Waals surface area contributed by atoms with E-state index in [9.17, 15) is 4.79 Å². The number of nitrogens with zero attached hydrogens (tertiary/aromatic N) is 3. The number of para-hydroxylation sites is 1. The minimum Gasteiger partial charge on any atom is -0.484 e. The summed E-state index contributed by atoms with van der Waals surface area (Å²) in [4.78, 5) is 12.3. The Labute approximate surface area is 179 Å². The van der Waals surface area contributed by atoms with Crippen LogP contribution in [0.5, 0.6) is 5.75 Å². The molecule has 29 heavy (non-hydrogen) atoms. The zero-order valence-corrected chi connectivity index (χ0v) is 17.9. The van der Waals surface area contributed by atoms with Crippen LogP contribution in [0.1, 0.15) is 31.3 Å². The topological polar surface area (TPSA) is 69.0 Å². The maximum absolute atomic E-state index is 12.3. The van der Waals surface area contributed by atoms with E-state index in [0.717, 1.165) is 5.56 Å². The molecule has 0 saturated heterocycles. The lowest BCUT2D eigenvalue weighted by Gasteiger charge is -2.14. The van der Waals surface area contributed by atoms with Crippen LogP contribution in [-0.2, 0) is 17.9 Å². The largest absolute Gasteiger partial charge is 0.484 e. The van der Waals surface area contributed by atoms with Crippen LogP contribution in [0.3, 0.4) is 0 Å². The molecule has 152 valence electrons. The Kier molecular flexibility index (Phi) is 7.55. The number of carbonyl (C=O) groups excluding carboxylic acids is 1. The molecule has 3 aromatic rings. The summed E-state index contributed by atoms with van der Waals surface area (Å²) in [5, 5.41) is 12.7. The molecular formula is C21H23ClN4O2S. The fraction of sp³-hybridized carbons (Fsp3) is 0.286. The third-order valence-corrected chi connectivity index (χ3v) is 5.59. The van der Waals surface area contributed by atoms with Crippen molar-refractivity contribution < 1.29 is 9.53 Å². The monoisotopic (exact) mass is 430 g/mol. The van der Waals surface area contributed by atoms with Crippen LogP contribution < -0.4 is 10.1 Å². The summed E-state index contributed by atoms with van der Waals surface area (Å²) >= 11 is 7.48. The van der Waals surface area contributed by atoms with Gasteiger partial charge in [0, 0.05) is 6.54 Å². The Bertz CT molecular complexity index is 949. The number of nitrogens with one attached hydrogen (secondary N) is 1. The van der Waals surface area contributed by atoms with E-state index >= 15 is 0 Å². The van der Waals surface area contributed by atoms with Crippen molar-refractivity contribution in [3.63, 3.8) is 0 Å². The SMILES string of the molecule is CCn1c(COc2ccccc2Cl)nnc1SCC(=O)N[C@@H](C)c1ccccc1. The summed E-state index contributed by atoms with van der Waals surface area (Å²) in [5.41, 5.74) is 1.07. The van der Waals surface area contributed by atoms with Gasteiger partial charge in [-0.05, 0) is 31.5 Å². The van der Waals surface area contributed by atoms with Gasteiger partial charge in [0.15, 0.2) is 11.0 Å². The standard InChI is InChI=1S/C21H23ClN4O2S/c1-3-26-19(13-28-18-12-8-7-11-17(18)22)24-25-21(26)29-14-20(27)23-15(2)16-9-5-4-6-10-16/h4-12,15H,3,13-14H2,1-2H3,(H,23,27)/t15-/m0/s1. The van der Waals surface area contributed by atoms with Gasteiger partial charge in [-0.3, -0.25) is 4.79 Å². The maximum Gasteiger partial charge on any atom is 0.230 e. The zero-order chi connectivity index (χ0) is 20.6. The van der Waals surface area contributed by atoms with E-state index in [0.29, 0.717) is 28.3 Å². The lowest BCUT2D eigenvalue weighted by molar-refractivity contribution is -0.119. The number of rotatable bonds is 9. The molecule has 3 rings (SSSR count). The number of amides is 1. The highest BCUT2D eigenvalue weighted by atomic mass is 35.5. The molecule has 2 aromatic carbocycles. The van der Waals surface area contributed by atoms with Crippen LogP contribution in [-0.4, -0.2) is 26.4 Å². The molecule has 0 spiro atoms. The fourth-order valence-electron chi connectivity index (χ4n) is 2.79. The Morgan fingerprint density at radius 1 is 1.17 bits per heavy atom. The van der Waals surface area contributed by atoms with Crippen molar-refractivity contribution in [3.05, 3.63) is 71.0 Å². The number of benzene rings is 2. The van der Waals surface area contributed by atoms with Gasteiger partial charge in [-0.2, -0.15) is 0 Å². The first-order valence-corrected chi connectivity index (χ1v) is 10.7. The summed E-state index contributed by atoms with van der Waals surface area (Å²) in [6.45, 7) is 4.90. The Morgan fingerprint density at radius 3 is 2.62 bits per heavy atom. The van der Waals surface area contributed by atoms with Crippen molar-refractivity contribution in [1.82, 2.24) is 20.1 Å². The molecule has 0 aliphatic carbocycles. The predicted molar refractivity (Wildman–Crippen MR) is 115 cm³/mol. The molecule has 0 unspecified atom stereocenters. The molecule has 0 fully saturated rings. The highest BCUT2D eigenvalue weighted by Crippen LogP contribution is 2.24. The normalized spacial score (nSPS) is 11.8. The van der Waals surface area contributed by atoms with Gasteiger partial charge < -0.3 is 14.6 Å². The molecule has 0 saturated carbocycles. The second kappa shape index (κ2) is 10.3. The Balaban J connectivity index is 1.56. The molecule has 6 nitrogen and oxygen atoms in total. The quantitative estimate of drug-likeness (QED) is 0.506. The maximum atomic E-state index is 12.3. The van der Waals surface area contributed by atoms with Gasteiger partial charge in [0.2, 0.25) is 5.91 Å². The third kappa shape index (κ3) is 5.74. The second-order valence-corrected chi connectivity index (χ2v) is 7.70. The predicted octanol–water partition coefficient (Wildman–Crippen LogP) is 4.50. The summed E-state index contributed by atoms with van der Waals surface area (Å²) in [5.74, 6) is 1.50. The number of halogens is 1. The molecule has 0 bridgehead atoms. The molecule has 0 radical (unpaired) electrons. The van der Waals surface area contributed by atoms with Crippen molar-refractivity contribution >= 4 is 29.3 Å². The van der Waals surface area contributed by atoms with Gasteiger partial charge in [-0.1, -0.05) is 65.8 Å². The van der Waals surface area contributed by atoms with E-state index in [1.165, 1.54) is 11.8 Å². The molecule has 1 aromatic heterocycles. The molecular weight excluding hydrogens is 408 g/mol. The van der Waals surface area contributed by atoms with Gasteiger partial charge in [0.25, 0.3) is 0 Å². The van der Waals surface area contributed by atoms with Gasteiger partial charge >= 0.3 is 0 Å². The third-order valence-electron chi connectivity index (χ3n) is 4.31. The van der Waals surface area contributed by atoms with E-state index in [1.54, 1.807) is 6.07 Å². The van der Waals surface area contributed by atoms with Crippen molar-refractivity contribution in [1.29, 1.82) is 0 Å². The van der Waals surface area contributed by atoms with Crippen LogP contribution >= 0.6 is 23.4 Å². The lowest BCUT2D eigenvalue weighted by atomic mass is 10.1. The minimum absolute atomic E-state index is 0.0482. The average Bonchev–Trinajstić information content (AvgIpc) is 3.14. The molecule has 1 N–H and O–H groups in total. The van der Waals surface area contributed by atoms with Crippen molar-refractivity contribution in [2.75, 3.05) is 5.75 Å². The number of thioether (sulfide) groups is 1. The molecule has 1 heterocycles. The van der Waals surface area contributed by atoms with Crippen LogP contribution in [0.15, 0.2) is 59.8 Å². The van der Waals surface area contributed by atoms with Crippen LogP contribution in [0, 0.1) is 0 Å². The Hall–Kier alpha value is -2.51.